The summed E-state index contributed by atoms with van der Waals surface area (Å²) in [6.45, 7) is 3.50. The standard InChI is InChI=1S/C24H28Cl2N2O2S/c1-2-3-11-27(24(30)16-5-4-6-16)15-22(29)28-12-9-21-19(10-13-31-21)23(28)18-8-7-17(25)14-20(18)26/h7-8,10,13-14,16,23H,2-6,9,11-12,15H2,1H3/t23-/m1/s1. The van der Waals surface area contributed by atoms with Crippen LogP contribution in [0.5, 0.6) is 0 Å². The molecule has 4 nitrogen and oxygen atoms in total. The number of hydrogen-bond acceptors (Lipinski definition) is 3. The molecule has 7 heteroatoms. The predicted octanol–water partition coefficient (Wildman–Crippen LogP) is 5.96. The molecule has 0 saturated heterocycles. The molecule has 2 aromatic rings. The van der Waals surface area contributed by atoms with E-state index in [-0.39, 0.29) is 30.3 Å². The van der Waals surface area contributed by atoms with Crippen molar-refractivity contribution in [2.75, 3.05) is 19.6 Å². The second kappa shape index (κ2) is 9.93. The van der Waals surface area contributed by atoms with Crippen molar-refractivity contribution >= 4 is 46.4 Å². The monoisotopic (exact) mass is 478 g/mol. The molecule has 1 fully saturated rings. The van der Waals surface area contributed by atoms with E-state index in [1.165, 1.54) is 4.88 Å². The third-order valence-electron chi connectivity index (χ3n) is 6.42. The third-order valence-corrected chi connectivity index (χ3v) is 7.98. The minimum absolute atomic E-state index is 0.0170. The lowest BCUT2D eigenvalue weighted by Crippen LogP contribution is -2.48. The minimum Gasteiger partial charge on any atom is -0.333 e. The van der Waals surface area contributed by atoms with E-state index >= 15 is 0 Å². The van der Waals surface area contributed by atoms with Gasteiger partial charge in [-0.2, -0.15) is 0 Å². The van der Waals surface area contributed by atoms with Crippen LogP contribution in [0.25, 0.3) is 0 Å². The van der Waals surface area contributed by atoms with Crippen LogP contribution in [0.3, 0.4) is 0 Å². The van der Waals surface area contributed by atoms with Crippen molar-refractivity contribution in [3.05, 3.63) is 55.7 Å². The van der Waals surface area contributed by atoms with Crippen molar-refractivity contribution in [3.8, 4) is 0 Å². The Hall–Kier alpha value is -1.56. The van der Waals surface area contributed by atoms with E-state index < -0.39 is 0 Å². The first-order chi connectivity index (χ1) is 15.0. The van der Waals surface area contributed by atoms with Gasteiger partial charge in [-0.3, -0.25) is 9.59 Å². The smallest absolute Gasteiger partial charge is 0.242 e. The van der Waals surface area contributed by atoms with Crippen molar-refractivity contribution < 1.29 is 9.59 Å². The number of rotatable bonds is 7. The first-order valence-electron chi connectivity index (χ1n) is 11.1. The number of halogens is 2. The lowest BCUT2D eigenvalue weighted by atomic mass is 9.84. The lowest BCUT2D eigenvalue weighted by Gasteiger charge is -2.39. The summed E-state index contributed by atoms with van der Waals surface area (Å²) in [6, 6.07) is 7.30. The zero-order valence-corrected chi connectivity index (χ0v) is 20.1. The molecule has 0 unspecified atom stereocenters. The quantitative estimate of drug-likeness (QED) is 0.492. The fourth-order valence-corrected chi connectivity index (χ4v) is 5.84. The van der Waals surface area contributed by atoms with Crippen LogP contribution < -0.4 is 0 Å². The zero-order chi connectivity index (χ0) is 22.0. The van der Waals surface area contributed by atoms with Gasteiger partial charge in [-0.1, -0.05) is 49.0 Å². The summed E-state index contributed by atoms with van der Waals surface area (Å²) in [5.41, 5.74) is 2.00. The predicted molar refractivity (Wildman–Crippen MR) is 127 cm³/mol. The molecule has 166 valence electrons. The van der Waals surface area contributed by atoms with E-state index in [9.17, 15) is 9.59 Å². The molecule has 1 aliphatic heterocycles. The molecule has 1 atom stereocenters. The molecule has 31 heavy (non-hydrogen) atoms. The van der Waals surface area contributed by atoms with Crippen LogP contribution in [0.15, 0.2) is 29.6 Å². The summed E-state index contributed by atoms with van der Waals surface area (Å²) in [5.74, 6) is 0.218. The van der Waals surface area contributed by atoms with E-state index in [0.29, 0.717) is 23.1 Å². The van der Waals surface area contributed by atoms with Crippen LogP contribution >= 0.6 is 34.5 Å². The number of amides is 2. The summed E-state index contributed by atoms with van der Waals surface area (Å²) in [6.07, 6.45) is 5.73. The first kappa shape index (κ1) is 22.6. The normalized spacial score (nSPS) is 18.4. The average Bonchev–Trinajstić information content (AvgIpc) is 3.18. The maximum Gasteiger partial charge on any atom is 0.242 e. The molecular formula is C24H28Cl2N2O2S. The number of hydrogen-bond donors (Lipinski definition) is 0. The Kier molecular flexibility index (Phi) is 7.25. The van der Waals surface area contributed by atoms with Crippen LogP contribution in [-0.4, -0.2) is 41.2 Å². The Morgan fingerprint density at radius 3 is 2.68 bits per heavy atom. The number of unbranched alkanes of at least 4 members (excludes halogenated alkanes) is 1. The largest absolute Gasteiger partial charge is 0.333 e. The van der Waals surface area contributed by atoms with Gasteiger partial charge in [0.25, 0.3) is 0 Å². The molecule has 0 N–H and O–H groups in total. The Bertz CT molecular complexity index is 957. The minimum atomic E-state index is -0.251. The Labute approximate surface area is 198 Å². The molecule has 1 aromatic carbocycles. The molecule has 1 saturated carbocycles. The summed E-state index contributed by atoms with van der Waals surface area (Å²) >= 11 is 14.4. The van der Waals surface area contributed by atoms with Crippen molar-refractivity contribution in [3.63, 3.8) is 0 Å². The van der Waals surface area contributed by atoms with Gasteiger partial charge in [0.2, 0.25) is 11.8 Å². The third kappa shape index (κ3) is 4.79. The van der Waals surface area contributed by atoms with Gasteiger partial charge in [0.05, 0.1) is 12.6 Å². The highest BCUT2D eigenvalue weighted by atomic mass is 35.5. The van der Waals surface area contributed by atoms with Gasteiger partial charge in [-0.25, -0.2) is 0 Å². The van der Waals surface area contributed by atoms with Crippen LogP contribution in [-0.2, 0) is 16.0 Å². The van der Waals surface area contributed by atoms with E-state index in [4.69, 9.17) is 23.2 Å². The Balaban J connectivity index is 1.61. The van der Waals surface area contributed by atoms with Gasteiger partial charge < -0.3 is 9.80 Å². The molecule has 0 spiro atoms. The first-order valence-corrected chi connectivity index (χ1v) is 12.7. The highest BCUT2D eigenvalue weighted by molar-refractivity contribution is 7.10. The number of benzene rings is 1. The number of carbonyl (C=O) groups excluding carboxylic acids is 2. The molecule has 2 heterocycles. The number of fused-ring (bicyclic) bond motifs is 1. The number of carbonyl (C=O) groups is 2. The fourth-order valence-electron chi connectivity index (χ4n) is 4.43. The summed E-state index contributed by atoms with van der Waals surface area (Å²) in [4.78, 5) is 31.5. The molecule has 0 bridgehead atoms. The van der Waals surface area contributed by atoms with Gasteiger partial charge >= 0.3 is 0 Å². The van der Waals surface area contributed by atoms with Gasteiger partial charge in [0.1, 0.15) is 0 Å². The van der Waals surface area contributed by atoms with E-state index in [1.807, 2.05) is 17.0 Å². The van der Waals surface area contributed by atoms with Crippen LogP contribution in [0.1, 0.15) is 61.1 Å². The molecule has 4 rings (SSSR count). The molecule has 2 aliphatic rings. The van der Waals surface area contributed by atoms with Gasteiger partial charge in [-0.05, 0) is 60.4 Å². The van der Waals surface area contributed by atoms with E-state index in [2.05, 4.69) is 18.4 Å². The topological polar surface area (TPSA) is 40.6 Å². The molecule has 2 amide bonds. The molecule has 0 radical (unpaired) electrons. The van der Waals surface area contributed by atoms with Gasteiger partial charge in [-0.15, -0.1) is 11.3 Å². The van der Waals surface area contributed by atoms with Gasteiger partial charge in [0.15, 0.2) is 0 Å². The summed E-state index contributed by atoms with van der Waals surface area (Å²) in [5, 5.41) is 3.20. The van der Waals surface area contributed by atoms with Crippen molar-refractivity contribution in [1.82, 2.24) is 9.80 Å². The highest BCUT2D eigenvalue weighted by Gasteiger charge is 2.36. The summed E-state index contributed by atoms with van der Waals surface area (Å²) < 4.78 is 0. The van der Waals surface area contributed by atoms with Crippen molar-refractivity contribution in [2.24, 2.45) is 5.92 Å². The molecular weight excluding hydrogens is 451 g/mol. The lowest BCUT2D eigenvalue weighted by molar-refractivity contribution is -0.145. The van der Waals surface area contributed by atoms with Crippen LogP contribution in [0, 0.1) is 5.92 Å². The van der Waals surface area contributed by atoms with Crippen LogP contribution in [0.2, 0.25) is 10.0 Å². The molecule has 1 aromatic heterocycles. The van der Waals surface area contributed by atoms with E-state index in [0.717, 1.165) is 49.7 Å². The number of nitrogens with zero attached hydrogens (tertiary/aromatic N) is 2. The zero-order valence-electron chi connectivity index (χ0n) is 17.8. The van der Waals surface area contributed by atoms with Crippen molar-refractivity contribution in [1.29, 1.82) is 0 Å². The maximum atomic E-state index is 13.6. The summed E-state index contributed by atoms with van der Waals surface area (Å²) in [7, 11) is 0. The van der Waals surface area contributed by atoms with Crippen molar-refractivity contribution in [2.45, 2.75) is 51.5 Å². The Morgan fingerprint density at radius 2 is 2.00 bits per heavy atom. The van der Waals surface area contributed by atoms with E-state index in [1.54, 1.807) is 22.3 Å². The van der Waals surface area contributed by atoms with Crippen LogP contribution in [0.4, 0.5) is 0 Å². The maximum absolute atomic E-state index is 13.6. The number of thiophene rings is 1. The molecule has 1 aliphatic carbocycles. The fraction of sp³-hybridized carbons (Fsp3) is 0.500. The second-order valence-electron chi connectivity index (χ2n) is 8.45. The Morgan fingerprint density at radius 1 is 1.19 bits per heavy atom. The SMILES string of the molecule is CCCCN(CC(=O)N1CCc2sccc2[C@H]1c1ccc(Cl)cc1Cl)C(=O)C1CCC1. The average molecular weight is 479 g/mol. The van der Waals surface area contributed by atoms with Gasteiger partial charge in [0, 0.05) is 33.9 Å². The second-order valence-corrected chi connectivity index (χ2v) is 10.3. The highest BCUT2D eigenvalue weighted by Crippen LogP contribution is 2.41.